The van der Waals surface area contributed by atoms with E-state index in [1.807, 2.05) is 0 Å². The fourth-order valence-corrected chi connectivity index (χ4v) is 2.06. The lowest BCUT2D eigenvalue weighted by atomic mass is 10.2. The van der Waals surface area contributed by atoms with E-state index in [0.29, 0.717) is 5.92 Å². The molecule has 94 valence electrons. The molecular weight excluding hydrogens is 218 g/mol. The summed E-state index contributed by atoms with van der Waals surface area (Å²) in [4.78, 5) is 2.53. The van der Waals surface area contributed by atoms with Crippen LogP contribution in [0.2, 0.25) is 0 Å². The summed E-state index contributed by atoms with van der Waals surface area (Å²) >= 11 is 5.18. The molecule has 0 radical (unpaired) electrons. The Morgan fingerprint density at radius 3 is 2.56 bits per heavy atom. The second kappa shape index (κ2) is 7.85. The lowest BCUT2D eigenvalue weighted by Crippen LogP contribution is -2.38. The van der Waals surface area contributed by atoms with Gasteiger partial charge in [-0.1, -0.05) is 13.8 Å². The van der Waals surface area contributed by atoms with Crippen LogP contribution in [0.5, 0.6) is 0 Å². The van der Waals surface area contributed by atoms with E-state index in [1.54, 1.807) is 0 Å². The Labute approximate surface area is 105 Å². The van der Waals surface area contributed by atoms with Gasteiger partial charge in [-0.2, -0.15) is 0 Å². The molecule has 16 heavy (non-hydrogen) atoms. The summed E-state index contributed by atoms with van der Waals surface area (Å²) < 4.78 is 0. The van der Waals surface area contributed by atoms with Crippen molar-refractivity contribution >= 4 is 17.3 Å². The van der Waals surface area contributed by atoms with Crippen LogP contribution in [0, 0.1) is 5.92 Å². The van der Waals surface area contributed by atoms with Crippen LogP contribution in [0.15, 0.2) is 0 Å². The Kier molecular flexibility index (Phi) is 6.73. The number of likely N-dealkylation sites (tertiary alicyclic amines) is 1. The van der Waals surface area contributed by atoms with Crippen molar-refractivity contribution in [2.75, 3.05) is 32.7 Å². The van der Waals surface area contributed by atoms with Crippen LogP contribution in [0.25, 0.3) is 0 Å². The molecule has 0 aliphatic carbocycles. The van der Waals surface area contributed by atoms with E-state index in [2.05, 4.69) is 29.4 Å². The van der Waals surface area contributed by atoms with Gasteiger partial charge >= 0.3 is 0 Å². The highest BCUT2D eigenvalue weighted by molar-refractivity contribution is 7.80. The van der Waals surface area contributed by atoms with Crippen LogP contribution >= 0.6 is 12.2 Å². The normalized spacial score (nSPS) is 16.7. The molecule has 1 rings (SSSR count). The smallest absolute Gasteiger partial charge is 0.166 e. The first-order chi connectivity index (χ1) is 7.68. The Bertz CT molecular complexity index is 200. The number of rotatable bonds is 6. The Morgan fingerprint density at radius 2 is 1.94 bits per heavy atom. The molecular formula is C12H25N3S. The van der Waals surface area contributed by atoms with Gasteiger partial charge in [-0.15, -0.1) is 0 Å². The monoisotopic (exact) mass is 243 g/mol. The molecule has 0 saturated carbocycles. The van der Waals surface area contributed by atoms with Gasteiger partial charge in [-0.3, -0.25) is 0 Å². The van der Waals surface area contributed by atoms with Gasteiger partial charge in [0.25, 0.3) is 0 Å². The predicted octanol–water partition coefficient (Wildman–Crippen LogP) is 1.59. The van der Waals surface area contributed by atoms with Crippen LogP contribution in [0.1, 0.15) is 33.1 Å². The van der Waals surface area contributed by atoms with Crippen molar-refractivity contribution in [3.8, 4) is 0 Å². The van der Waals surface area contributed by atoms with E-state index >= 15 is 0 Å². The van der Waals surface area contributed by atoms with E-state index in [1.165, 1.54) is 38.9 Å². The molecule has 0 bridgehead atoms. The number of thiocarbonyl (C=S) groups is 1. The summed E-state index contributed by atoms with van der Waals surface area (Å²) in [7, 11) is 0. The van der Waals surface area contributed by atoms with Crippen molar-refractivity contribution in [2.24, 2.45) is 5.92 Å². The molecule has 0 aromatic heterocycles. The lowest BCUT2D eigenvalue weighted by Gasteiger charge is -2.15. The molecule has 3 nitrogen and oxygen atoms in total. The van der Waals surface area contributed by atoms with Gasteiger partial charge in [-0.25, -0.2) is 0 Å². The summed E-state index contributed by atoms with van der Waals surface area (Å²) in [5.41, 5.74) is 0. The fraction of sp³-hybridized carbons (Fsp3) is 0.917. The maximum atomic E-state index is 5.18. The van der Waals surface area contributed by atoms with E-state index in [4.69, 9.17) is 12.2 Å². The van der Waals surface area contributed by atoms with Crippen LogP contribution in [0.3, 0.4) is 0 Å². The minimum absolute atomic E-state index is 0.643. The molecule has 1 saturated heterocycles. The van der Waals surface area contributed by atoms with Crippen molar-refractivity contribution in [3.63, 3.8) is 0 Å². The Hall–Kier alpha value is -0.350. The summed E-state index contributed by atoms with van der Waals surface area (Å²) in [6.07, 6.45) is 3.94. The topological polar surface area (TPSA) is 27.3 Å². The standard InChI is InChI=1S/C12H25N3S/c1-11(2)10-14-12(16)13-6-5-9-15-7-3-4-8-15/h11H,3-10H2,1-2H3,(H2,13,14,16). The molecule has 0 atom stereocenters. The van der Waals surface area contributed by atoms with Gasteiger partial charge in [0, 0.05) is 13.1 Å². The van der Waals surface area contributed by atoms with Crippen LogP contribution in [-0.4, -0.2) is 42.7 Å². The SMILES string of the molecule is CC(C)CNC(=S)NCCCN1CCCC1. The van der Waals surface area contributed by atoms with E-state index in [0.717, 1.165) is 18.2 Å². The third kappa shape index (κ3) is 6.28. The third-order valence-corrected chi connectivity index (χ3v) is 3.09. The molecule has 2 N–H and O–H groups in total. The molecule has 1 aliphatic heterocycles. The molecule has 0 spiro atoms. The summed E-state index contributed by atoms with van der Waals surface area (Å²) in [6, 6.07) is 0. The Balaban J connectivity index is 1.91. The van der Waals surface area contributed by atoms with Gasteiger partial charge in [0.2, 0.25) is 0 Å². The lowest BCUT2D eigenvalue weighted by molar-refractivity contribution is 0.334. The van der Waals surface area contributed by atoms with Crippen molar-refractivity contribution in [2.45, 2.75) is 33.1 Å². The molecule has 0 aromatic carbocycles. The number of nitrogens with zero attached hydrogens (tertiary/aromatic N) is 1. The van der Waals surface area contributed by atoms with Gasteiger partial charge < -0.3 is 15.5 Å². The summed E-state index contributed by atoms with van der Waals surface area (Å²) in [5, 5.41) is 7.27. The number of hydrogen-bond donors (Lipinski definition) is 2. The van der Waals surface area contributed by atoms with Gasteiger partial charge in [0.1, 0.15) is 0 Å². The highest BCUT2D eigenvalue weighted by Crippen LogP contribution is 2.06. The molecule has 1 aliphatic rings. The molecule has 1 fully saturated rings. The van der Waals surface area contributed by atoms with E-state index < -0.39 is 0 Å². The van der Waals surface area contributed by atoms with Crippen LogP contribution in [0.4, 0.5) is 0 Å². The predicted molar refractivity (Wildman–Crippen MR) is 73.7 cm³/mol. The Morgan fingerprint density at radius 1 is 1.25 bits per heavy atom. The minimum Gasteiger partial charge on any atom is -0.363 e. The van der Waals surface area contributed by atoms with E-state index in [9.17, 15) is 0 Å². The van der Waals surface area contributed by atoms with Crippen molar-refractivity contribution < 1.29 is 0 Å². The van der Waals surface area contributed by atoms with Crippen LogP contribution in [-0.2, 0) is 0 Å². The first kappa shape index (κ1) is 13.7. The average Bonchev–Trinajstić information content (AvgIpc) is 2.74. The minimum atomic E-state index is 0.643. The van der Waals surface area contributed by atoms with Crippen LogP contribution < -0.4 is 10.6 Å². The summed E-state index contributed by atoms with van der Waals surface area (Å²) in [5.74, 6) is 0.643. The quantitative estimate of drug-likeness (QED) is 0.547. The summed E-state index contributed by atoms with van der Waals surface area (Å²) in [6.45, 7) is 10.1. The second-order valence-corrected chi connectivity index (χ2v) is 5.34. The van der Waals surface area contributed by atoms with Gasteiger partial charge in [0.15, 0.2) is 5.11 Å². The highest BCUT2D eigenvalue weighted by atomic mass is 32.1. The molecule has 0 unspecified atom stereocenters. The zero-order chi connectivity index (χ0) is 11.8. The molecule has 1 heterocycles. The first-order valence-corrected chi connectivity index (χ1v) is 6.83. The first-order valence-electron chi connectivity index (χ1n) is 6.42. The highest BCUT2D eigenvalue weighted by Gasteiger charge is 2.09. The number of nitrogens with one attached hydrogen (secondary N) is 2. The largest absolute Gasteiger partial charge is 0.363 e. The third-order valence-electron chi connectivity index (χ3n) is 2.81. The fourth-order valence-electron chi connectivity index (χ4n) is 1.87. The van der Waals surface area contributed by atoms with Crippen molar-refractivity contribution in [3.05, 3.63) is 0 Å². The van der Waals surface area contributed by atoms with Gasteiger partial charge in [-0.05, 0) is 57.0 Å². The van der Waals surface area contributed by atoms with E-state index in [-0.39, 0.29) is 0 Å². The van der Waals surface area contributed by atoms with Crippen molar-refractivity contribution in [1.29, 1.82) is 0 Å². The molecule has 0 aromatic rings. The molecule has 4 heteroatoms. The maximum Gasteiger partial charge on any atom is 0.166 e. The van der Waals surface area contributed by atoms with Gasteiger partial charge in [0.05, 0.1) is 0 Å². The average molecular weight is 243 g/mol. The molecule has 0 amide bonds. The zero-order valence-electron chi connectivity index (χ0n) is 10.6. The number of hydrogen-bond acceptors (Lipinski definition) is 2. The maximum absolute atomic E-state index is 5.18. The second-order valence-electron chi connectivity index (χ2n) is 4.93. The van der Waals surface area contributed by atoms with Crippen molar-refractivity contribution in [1.82, 2.24) is 15.5 Å². The zero-order valence-corrected chi connectivity index (χ0v) is 11.4.